The Labute approximate surface area is 119 Å². The molecule has 0 aromatic rings. The van der Waals surface area contributed by atoms with Gasteiger partial charge < -0.3 is 4.74 Å². The van der Waals surface area contributed by atoms with E-state index in [9.17, 15) is 0 Å². The molecule has 0 bridgehead atoms. The van der Waals surface area contributed by atoms with Crippen LogP contribution in [0, 0.1) is 17.2 Å². The number of unbranched alkanes of at least 4 members (excludes halogenated alkanes) is 1. The predicted octanol–water partition coefficient (Wildman–Crippen LogP) is 3.89. The number of hydrogen-bond acceptors (Lipinski definition) is 3. The second kappa shape index (κ2) is 11.3. The zero-order valence-corrected chi connectivity index (χ0v) is 13.3. The molecular weight excluding hydrogens is 236 g/mol. The third-order valence-corrected chi connectivity index (χ3v) is 3.68. The lowest BCUT2D eigenvalue weighted by Crippen LogP contribution is -2.40. The van der Waals surface area contributed by atoms with E-state index in [0.29, 0.717) is 5.92 Å². The Morgan fingerprint density at radius 3 is 2.53 bits per heavy atom. The van der Waals surface area contributed by atoms with Crippen LogP contribution in [-0.2, 0) is 4.74 Å². The van der Waals surface area contributed by atoms with Crippen LogP contribution in [0.2, 0.25) is 0 Å². The van der Waals surface area contributed by atoms with E-state index in [2.05, 4.69) is 25.2 Å². The SMILES string of the molecule is CCCCC(CC)COCCCC(C)(C#N)NCC. The number of rotatable bonds is 12. The Kier molecular flexibility index (Phi) is 10.9. The Hall–Kier alpha value is -0.590. The van der Waals surface area contributed by atoms with E-state index in [1.54, 1.807) is 0 Å². The fourth-order valence-corrected chi connectivity index (χ4v) is 2.25. The van der Waals surface area contributed by atoms with Crippen molar-refractivity contribution in [2.24, 2.45) is 5.92 Å². The molecule has 0 aromatic heterocycles. The minimum absolute atomic E-state index is 0.398. The van der Waals surface area contributed by atoms with Crippen LogP contribution in [0.3, 0.4) is 0 Å². The molecule has 0 aliphatic carbocycles. The molecular formula is C16H32N2O. The van der Waals surface area contributed by atoms with Crippen LogP contribution in [0.15, 0.2) is 0 Å². The minimum Gasteiger partial charge on any atom is -0.381 e. The van der Waals surface area contributed by atoms with Gasteiger partial charge in [0.25, 0.3) is 0 Å². The molecule has 0 saturated heterocycles. The highest BCUT2D eigenvalue weighted by Crippen LogP contribution is 2.14. The summed E-state index contributed by atoms with van der Waals surface area (Å²) < 4.78 is 5.76. The van der Waals surface area contributed by atoms with Crippen molar-refractivity contribution < 1.29 is 4.74 Å². The first kappa shape index (κ1) is 18.4. The smallest absolute Gasteiger partial charge is 0.104 e. The highest BCUT2D eigenvalue weighted by Gasteiger charge is 2.21. The molecule has 0 aliphatic rings. The first-order valence-electron chi connectivity index (χ1n) is 7.85. The molecule has 2 unspecified atom stereocenters. The van der Waals surface area contributed by atoms with Crippen LogP contribution in [0.25, 0.3) is 0 Å². The van der Waals surface area contributed by atoms with Crippen LogP contribution >= 0.6 is 0 Å². The van der Waals surface area contributed by atoms with E-state index in [-0.39, 0.29) is 0 Å². The maximum Gasteiger partial charge on any atom is 0.104 e. The van der Waals surface area contributed by atoms with Gasteiger partial charge >= 0.3 is 0 Å². The van der Waals surface area contributed by atoms with Crippen LogP contribution in [-0.4, -0.2) is 25.3 Å². The van der Waals surface area contributed by atoms with Crippen molar-refractivity contribution in [3.63, 3.8) is 0 Å². The topological polar surface area (TPSA) is 45.0 Å². The summed E-state index contributed by atoms with van der Waals surface area (Å²) in [6.45, 7) is 10.9. The summed E-state index contributed by atoms with van der Waals surface area (Å²) in [5.41, 5.74) is -0.398. The van der Waals surface area contributed by atoms with E-state index in [0.717, 1.165) is 32.6 Å². The third-order valence-electron chi connectivity index (χ3n) is 3.68. The maximum absolute atomic E-state index is 9.14. The average molecular weight is 268 g/mol. The van der Waals surface area contributed by atoms with Gasteiger partial charge in [-0.3, -0.25) is 5.32 Å². The van der Waals surface area contributed by atoms with E-state index in [1.165, 1.54) is 25.7 Å². The maximum atomic E-state index is 9.14. The van der Waals surface area contributed by atoms with Crippen molar-refractivity contribution >= 4 is 0 Å². The lowest BCUT2D eigenvalue weighted by molar-refractivity contribution is 0.0884. The van der Waals surface area contributed by atoms with Gasteiger partial charge in [0.2, 0.25) is 0 Å². The predicted molar refractivity (Wildman–Crippen MR) is 81.1 cm³/mol. The molecule has 112 valence electrons. The standard InChI is InChI=1S/C16H32N2O/c1-5-8-10-15(6-2)13-19-12-9-11-16(4,14-17)18-7-3/h15,18H,5-13H2,1-4H3. The normalized spacial score (nSPS) is 15.7. The second-order valence-electron chi connectivity index (χ2n) is 5.57. The molecule has 2 atom stereocenters. The summed E-state index contributed by atoms with van der Waals surface area (Å²) in [6.07, 6.45) is 6.84. The van der Waals surface area contributed by atoms with Crippen molar-refractivity contribution in [1.82, 2.24) is 5.32 Å². The first-order chi connectivity index (χ1) is 9.11. The van der Waals surface area contributed by atoms with Gasteiger partial charge in [0.15, 0.2) is 0 Å². The largest absolute Gasteiger partial charge is 0.381 e. The lowest BCUT2D eigenvalue weighted by atomic mass is 9.98. The van der Waals surface area contributed by atoms with Gasteiger partial charge in [0.1, 0.15) is 5.54 Å². The molecule has 19 heavy (non-hydrogen) atoms. The van der Waals surface area contributed by atoms with Crippen LogP contribution in [0.4, 0.5) is 0 Å². The highest BCUT2D eigenvalue weighted by molar-refractivity contribution is 5.03. The molecule has 1 N–H and O–H groups in total. The summed E-state index contributed by atoms with van der Waals surface area (Å²) in [5.74, 6) is 0.705. The van der Waals surface area contributed by atoms with Crippen molar-refractivity contribution in [1.29, 1.82) is 5.26 Å². The van der Waals surface area contributed by atoms with E-state index in [1.807, 2.05) is 13.8 Å². The average Bonchev–Trinajstić information content (AvgIpc) is 2.42. The summed E-state index contributed by atoms with van der Waals surface area (Å²) in [5, 5.41) is 12.4. The molecule has 3 heteroatoms. The number of nitriles is 1. The van der Waals surface area contributed by atoms with Crippen molar-refractivity contribution in [2.75, 3.05) is 19.8 Å². The molecule has 0 saturated carbocycles. The van der Waals surface area contributed by atoms with Gasteiger partial charge in [-0.15, -0.1) is 0 Å². The van der Waals surface area contributed by atoms with Crippen LogP contribution < -0.4 is 5.32 Å². The summed E-state index contributed by atoms with van der Waals surface area (Å²) >= 11 is 0. The Bertz CT molecular complexity index is 250. The highest BCUT2D eigenvalue weighted by atomic mass is 16.5. The third kappa shape index (κ3) is 9.02. The quantitative estimate of drug-likeness (QED) is 0.546. The monoisotopic (exact) mass is 268 g/mol. The number of nitrogens with zero attached hydrogens (tertiary/aromatic N) is 1. The number of ether oxygens (including phenoxy) is 1. The summed E-state index contributed by atoms with van der Waals surface area (Å²) in [7, 11) is 0. The molecule has 0 heterocycles. The molecule has 0 spiro atoms. The van der Waals surface area contributed by atoms with Gasteiger partial charge in [0, 0.05) is 13.2 Å². The molecule has 3 nitrogen and oxygen atoms in total. The van der Waals surface area contributed by atoms with E-state index >= 15 is 0 Å². The Morgan fingerprint density at radius 2 is 2.00 bits per heavy atom. The molecule has 0 fully saturated rings. The van der Waals surface area contributed by atoms with Gasteiger partial charge in [-0.05, 0) is 38.6 Å². The van der Waals surface area contributed by atoms with Crippen LogP contribution in [0.1, 0.15) is 66.2 Å². The van der Waals surface area contributed by atoms with Crippen molar-refractivity contribution in [3.8, 4) is 6.07 Å². The molecule has 0 aliphatic heterocycles. The summed E-state index contributed by atoms with van der Waals surface area (Å²) in [4.78, 5) is 0. The van der Waals surface area contributed by atoms with Crippen LogP contribution in [0.5, 0.6) is 0 Å². The minimum atomic E-state index is -0.398. The van der Waals surface area contributed by atoms with E-state index < -0.39 is 5.54 Å². The summed E-state index contributed by atoms with van der Waals surface area (Å²) in [6, 6.07) is 2.35. The second-order valence-corrected chi connectivity index (χ2v) is 5.57. The zero-order chi connectivity index (χ0) is 14.6. The molecule has 0 aromatic carbocycles. The van der Waals surface area contributed by atoms with E-state index in [4.69, 9.17) is 10.00 Å². The van der Waals surface area contributed by atoms with Gasteiger partial charge in [-0.2, -0.15) is 5.26 Å². The van der Waals surface area contributed by atoms with Crippen molar-refractivity contribution in [3.05, 3.63) is 0 Å². The van der Waals surface area contributed by atoms with Gasteiger partial charge in [0.05, 0.1) is 6.07 Å². The fraction of sp³-hybridized carbons (Fsp3) is 0.938. The van der Waals surface area contributed by atoms with Crippen molar-refractivity contribution in [2.45, 2.75) is 71.8 Å². The number of nitrogens with one attached hydrogen (secondary N) is 1. The molecule has 0 radical (unpaired) electrons. The Morgan fingerprint density at radius 1 is 1.26 bits per heavy atom. The first-order valence-corrected chi connectivity index (χ1v) is 7.85. The van der Waals surface area contributed by atoms with Gasteiger partial charge in [-0.1, -0.05) is 40.0 Å². The molecule has 0 rings (SSSR count). The van der Waals surface area contributed by atoms with Gasteiger partial charge in [-0.25, -0.2) is 0 Å². The Balaban J connectivity index is 3.71. The zero-order valence-electron chi connectivity index (χ0n) is 13.3. The molecule has 0 amide bonds. The fourth-order valence-electron chi connectivity index (χ4n) is 2.25. The lowest BCUT2D eigenvalue weighted by Gasteiger charge is -2.22. The number of hydrogen-bond donors (Lipinski definition) is 1.